The van der Waals surface area contributed by atoms with Gasteiger partial charge in [-0.15, -0.1) is 0 Å². The summed E-state index contributed by atoms with van der Waals surface area (Å²) in [5, 5.41) is 16.9. The number of rotatable bonds is 1. The predicted octanol–water partition coefficient (Wildman–Crippen LogP) is 4.61. The molecule has 1 unspecified atom stereocenters. The van der Waals surface area contributed by atoms with E-state index in [-0.39, 0.29) is 11.8 Å². The minimum atomic E-state index is -0.538. The average molecular weight is 473 g/mol. The van der Waals surface area contributed by atoms with Gasteiger partial charge < -0.3 is 14.2 Å². The minimum Gasteiger partial charge on any atom is -0.391 e. The molecule has 2 amide bonds. The van der Waals surface area contributed by atoms with E-state index in [2.05, 4.69) is 37.6 Å². The highest BCUT2D eigenvalue weighted by Gasteiger charge is 2.37. The third-order valence-corrected chi connectivity index (χ3v) is 7.78. The molecule has 2 aliphatic rings. The molecule has 7 nitrogen and oxygen atoms in total. The molecular weight excluding hydrogens is 452 g/mol. The molecule has 0 bridgehead atoms. The fourth-order valence-corrected chi connectivity index (χ4v) is 6.31. The number of benzene rings is 3. The molecular formula is C29H20N4O3. The van der Waals surface area contributed by atoms with Gasteiger partial charge in [0.2, 0.25) is 0 Å². The Hall–Kier alpha value is -4.49. The summed E-state index contributed by atoms with van der Waals surface area (Å²) in [4.78, 5) is 30.7. The van der Waals surface area contributed by atoms with Crippen LogP contribution in [-0.2, 0) is 13.1 Å². The van der Waals surface area contributed by atoms with E-state index in [0.29, 0.717) is 30.6 Å². The molecule has 0 saturated carbocycles. The number of para-hydroxylation sites is 1. The maximum absolute atomic E-state index is 13.3. The largest absolute Gasteiger partial charge is 0.391 e. The van der Waals surface area contributed by atoms with Crippen molar-refractivity contribution < 1.29 is 14.7 Å². The first-order valence-electron chi connectivity index (χ1n) is 12.1. The van der Waals surface area contributed by atoms with Crippen molar-refractivity contribution in [3.05, 3.63) is 78.1 Å². The Balaban J connectivity index is 1.66. The van der Waals surface area contributed by atoms with Gasteiger partial charge in [0.1, 0.15) is 0 Å². The number of pyridine rings is 1. The van der Waals surface area contributed by atoms with Crippen LogP contribution in [0.4, 0.5) is 0 Å². The van der Waals surface area contributed by atoms with Crippen molar-refractivity contribution in [3.63, 3.8) is 0 Å². The van der Waals surface area contributed by atoms with Crippen LogP contribution in [0.15, 0.2) is 67.0 Å². The lowest BCUT2D eigenvalue weighted by Crippen LogP contribution is -2.20. The van der Waals surface area contributed by atoms with Crippen LogP contribution in [0.5, 0.6) is 0 Å². The second kappa shape index (κ2) is 6.80. The summed E-state index contributed by atoms with van der Waals surface area (Å²) in [5.74, 6) is -0.724. The third-order valence-electron chi connectivity index (χ3n) is 7.78. The van der Waals surface area contributed by atoms with Gasteiger partial charge >= 0.3 is 0 Å². The highest BCUT2D eigenvalue weighted by Crippen LogP contribution is 2.46. The molecule has 0 radical (unpaired) electrons. The number of nitrogens with one attached hydrogen (secondary N) is 1. The van der Waals surface area contributed by atoms with Gasteiger partial charge in [0.05, 0.1) is 28.3 Å². The van der Waals surface area contributed by atoms with Crippen LogP contribution < -0.4 is 5.32 Å². The van der Waals surface area contributed by atoms with Crippen molar-refractivity contribution in [1.82, 2.24) is 19.4 Å². The summed E-state index contributed by atoms with van der Waals surface area (Å²) >= 11 is 0. The number of aliphatic hydroxyl groups excluding tert-OH is 1. The third kappa shape index (κ3) is 2.37. The monoisotopic (exact) mass is 472 g/mol. The minimum absolute atomic E-state index is 0.357. The molecule has 3 aromatic heterocycles. The summed E-state index contributed by atoms with van der Waals surface area (Å²) in [6.07, 6.45) is 3.57. The van der Waals surface area contributed by atoms with Crippen LogP contribution in [0.3, 0.4) is 0 Å². The molecule has 0 fully saturated rings. The van der Waals surface area contributed by atoms with Crippen LogP contribution in [0, 0.1) is 0 Å². The number of carbonyl (C=O) groups is 2. The zero-order valence-corrected chi connectivity index (χ0v) is 19.2. The molecule has 7 heteroatoms. The normalized spacial score (nSPS) is 17.3. The van der Waals surface area contributed by atoms with Gasteiger partial charge in [0.15, 0.2) is 0 Å². The zero-order valence-electron chi connectivity index (χ0n) is 19.2. The Labute approximate surface area is 204 Å². The molecule has 0 saturated heterocycles. The fourth-order valence-electron chi connectivity index (χ4n) is 6.31. The van der Waals surface area contributed by atoms with Crippen molar-refractivity contribution in [1.29, 1.82) is 0 Å². The molecule has 0 aliphatic carbocycles. The molecule has 6 aromatic rings. The lowest BCUT2D eigenvalue weighted by Gasteiger charge is -2.20. The number of nitrogens with zero attached hydrogens (tertiary/aromatic N) is 3. The first-order valence-corrected chi connectivity index (χ1v) is 12.1. The molecule has 36 heavy (non-hydrogen) atoms. The van der Waals surface area contributed by atoms with Crippen LogP contribution in [0.1, 0.15) is 27.1 Å². The fraction of sp³-hybridized carbons (Fsp3) is 0.138. The van der Waals surface area contributed by atoms with Crippen molar-refractivity contribution in [2.75, 3.05) is 0 Å². The quantitative estimate of drug-likeness (QED) is 0.342. The van der Waals surface area contributed by atoms with Gasteiger partial charge in [-0.2, -0.15) is 0 Å². The summed E-state index contributed by atoms with van der Waals surface area (Å²) < 4.78 is 4.35. The van der Waals surface area contributed by atoms with E-state index >= 15 is 0 Å². The van der Waals surface area contributed by atoms with Crippen molar-refractivity contribution >= 4 is 55.4 Å². The number of imide groups is 1. The molecule has 174 valence electrons. The summed E-state index contributed by atoms with van der Waals surface area (Å²) in [6.45, 7) is 1.04. The molecule has 3 aromatic carbocycles. The number of aromatic nitrogens is 3. The van der Waals surface area contributed by atoms with E-state index in [1.54, 1.807) is 12.4 Å². The van der Waals surface area contributed by atoms with Gasteiger partial charge in [-0.25, -0.2) is 0 Å². The maximum atomic E-state index is 13.3. The molecule has 2 aliphatic heterocycles. The second-order valence-corrected chi connectivity index (χ2v) is 9.67. The molecule has 1 atom stereocenters. The number of amides is 2. The van der Waals surface area contributed by atoms with Crippen LogP contribution in [0.2, 0.25) is 0 Å². The highest BCUT2D eigenvalue weighted by molar-refractivity contribution is 6.39. The first-order chi connectivity index (χ1) is 17.6. The maximum Gasteiger partial charge on any atom is 0.259 e. The van der Waals surface area contributed by atoms with Gasteiger partial charge in [0.25, 0.3) is 11.8 Å². The summed E-state index contributed by atoms with van der Waals surface area (Å²) in [6, 6.07) is 18.1. The average Bonchev–Trinajstić information content (AvgIpc) is 3.49. The standard InChI is InChI=1S/C29H20N4O3/c34-17-9-12-32-21-6-5-16(15-7-10-30-11-8-15)13-19(21)23-25-24(28(35)31-29(25)36)22-18-3-1-2-4-20(18)33(14-17)27(22)26(23)32/h1-8,10-11,13,17,34H,9,12,14H2,(H,31,35,36). The lowest BCUT2D eigenvalue weighted by molar-refractivity contribution is 0.0880. The van der Waals surface area contributed by atoms with E-state index in [9.17, 15) is 14.7 Å². The molecule has 2 N–H and O–H groups in total. The predicted molar refractivity (Wildman–Crippen MR) is 138 cm³/mol. The lowest BCUT2D eigenvalue weighted by atomic mass is 9.95. The van der Waals surface area contributed by atoms with Crippen LogP contribution >= 0.6 is 0 Å². The van der Waals surface area contributed by atoms with Crippen molar-refractivity contribution in [3.8, 4) is 11.1 Å². The SMILES string of the molecule is O=C1NC(=O)c2c1c1c3cc(-c4ccncc4)ccc3n3c1c1c2c2ccccc2n1CC(O)CC3. The summed E-state index contributed by atoms with van der Waals surface area (Å²) in [7, 11) is 0. The van der Waals surface area contributed by atoms with Gasteiger partial charge in [0, 0.05) is 58.1 Å². The van der Waals surface area contributed by atoms with Crippen LogP contribution in [-0.4, -0.2) is 37.1 Å². The van der Waals surface area contributed by atoms with Crippen molar-refractivity contribution in [2.24, 2.45) is 0 Å². The Morgan fingerprint density at radius 3 is 2.31 bits per heavy atom. The Morgan fingerprint density at radius 1 is 0.806 bits per heavy atom. The van der Waals surface area contributed by atoms with E-state index in [4.69, 9.17) is 0 Å². The smallest absolute Gasteiger partial charge is 0.259 e. The van der Waals surface area contributed by atoms with Gasteiger partial charge in [-0.05, 0) is 47.9 Å². The zero-order chi connectivity index (χ0) is 24.1. The number of carbonyl (C=O) groups excluding carboxylic acids is 2. The number of aryl methyl sites for hydroxylation is 1. The van der Waals surface area contributed by atoms with E-state index in [1.165, 1.54) is 0 Å². The highest BCUT2D eigenvalue weighted by atomic mass is 16.3. The second-order valence-electron chi connectivity index (χ2n) is 9.67. The number of aliphatic hydroxyl groups is 1. The van der Waals surface area contributed by atoms with Gasteiger partial charge in [-0.1, -0.05) is 24.3 Å². The number of fused-ring (bicyclic) bond motifs is 9. The Bertz CT molecular complexity index is 1950. The molecule has 0 spiro atoms. The molecule has 5 heterocycles. The van der Waals surface area contributed by atoms with E-state index < -0.39 is 6.10 Å². The van der Waals surface area contributed by atoms with E-state index in [0.717, 1.165) is 54.7 Å². The van der Waals surface area contributed by atoms with E-state index in [1.807, 2.05) is 36.4 Å². The van der Waals surface area contributed by atoms with Crippen molar-refractivity contribution in [2.45, 2.75) is 25.6 Å². The number of hydrogen-bond acceptors (Lipinski definition) is 4. The first kappa shape index (κ1) is 19.8. The Kier molecular flexibility index (Phi) is 3.74. The Morgan fingerprint density at radius 2 is 1.50 bits per heavy atom. The van der Waals surface area contributed by atoms with Crippen LogP contribution in [0.25, 0.3) is 54.7 Å². The topological polar surface area (TPSA) is 89.2 Å². The number of hydrogen-bond donors (Lipinski definition) is 2. The molecule has 8 rings (SSSR count). The van der Waals surface area contributed by atoms with Gasteiger partial charge in [-0.3, -0.25) is 19.9 Å². The summed E-state index contributed by atoms with van der Waals surface area (Å²) in [5.41, 5.74) is 6.69.